The van der Waals surface area contributed by atoms with Crippen molar-refractivity contribution in [2.45, 2.75) is 47.1 Å². The van der Waals surface area contributed by atoms with Crippen molar-refractivity contribution in [1.29, 1.82) is 0 Å². The topological polar surface area (TPSA) is 18.5 Å². The summed E-state index contributed by atoms with van der Waals surface area (Å²) in [6, 6.07) is 0. The second-order valence-electron chi connectivity index (χ2n) is 6.05. The van der Waals surface area contributed by atoms with Crippen LogP contribution in [-0.2, 0) is 8.85 Å². The first-order valence-corrected chi connectivity index (χ1v) is 6.81. The van der Waals surface area contributed by atoms with Gasteiger partial charge in [-0.15, -0.1) is 0 Å². The van der Waals surface area contributed by atoms with E-state index in [0.29, 0.717) is 5.54 Å². The summed E-state index contributed by atoms with van der Waals surface area (Å²) in [5.41, 5.74) is 0.979. The van der Waals surface area contributed by atoms with Crippen molar-refractivity contribution in [1.82, 2.24) is 0 Å². The highest BCUT2D eigenvalue weighted by atomic mass is 28.3. The molecule has 0 aromatic rings. The van der Waals surface area contributed by atoms with Gasteiger partial charge in [-0.05, 0) is 10.8 Å². The first-order chi connectivity index (χ1) is 6.14. The second kappa shape index (κ2) is 4.77. The first kappa shape index (κ1) is 14.1. The van der Waals surface area contributed by atoms with Crippen LogP contribution in [0.1, 0.15) is 41.5 Å². The summed E-state index contributed by atoms with van der Waals surface area (Å²) in [7, 11) is 1.98. The Bertz CT molecular complexity index is 149. The Morgan fingerprint density at radius 3 is 1.14 bits per heavy atom. The molecular formula is C11H26O2Si. The van der Waals surface area contributed by atoms with Gasteiger partial charge in [-0.25, -0.2) is 0 Å². The lowest BCUT2D eigenvalue weighted by Gasteiger charge is -2.42. The Morgan fingerprint density at radius 1 is 0.786 bits per heavy atom. The lowest BCUT2D eigenvalue weighted by molar-refractivity contribution is 0.160. The molecule has 0 N–H and O–H groups in total. The van der Waals surface area contributed by atoms with E-state index in [4.69, 9.17) is 8.85 Å². The van der Waals surface area contributed by atoms with Crippen molar-refractivity contribution in [3.05, 3.63) is 0 Å². The molecule has 0 aliphatic rings. The molecule has 0 aromatic heterocycles. The highest BCUT2D eigenvalue weighted by molar-refractivity contribution is 6.46. The van der Waals surface area contributed by atoms with E-state index in [1.807, 2.05) is 0 Å². The molecule has 14 heavy (non-hydrogen) atoms. The molecule has 3 heteroatoms. The van der Waals surface area contributed by atoms with Gasteiger partial charge in [0.25, 0.3) is 0 Å². The summed E-state index contributed by atoms with van der Waals surface area (Å²) < 4.78 is 11.1. The first-order valence-electron chi connectivity index (χ1n) is 5.20. The predicted molar refractivity (Wildman–Crippen MR) is 63.8 cm³/mol. The van der Waals surface area contributed by atoms with Crippen molar-refractivity contribution in [2.24, 2.45) is 10.8 Å². The van der Waals surface area contributed by atoms with E-state index < -0.39 is 9.28 Å². The van der Waals surface area contributed by atoms with Crippen LogP contribution in [-0.4, -0.2) is 23.5 Å². The lowest BCUT2D eigenvalue weighted by Crippen LogP contribution is -2.41. The largest absolute Gasteiger partial charge is 0.400 e. The predicted octanol–water partition coefficient (Wildman–Crippen LogP) is 2.96. The second-order valence-corrected chi connectivity index (χ2v) is 8.40. The van der Waals surface area contributed by atoms with Crippen molar-refractivity contribution in [3.8, 4) is 0 Å². The molecule has 2 nitrogen and oxygen atoms in total. The van der Waals surface area contributed by atoms with Gasteiger partial charge in [0.1, 0.15) is 0 Å². The molecule has 0 aliphatic carbocycles. The van der Waals surface area contributed by atoms with Crippen LogP contribution in [0, 0.1) is 10.8 Å². The summed E-state index contributed by atoms with van der Waals surface area (Å²) in [4.78, 5) is 0. The van der Waals surface area contributed by atoms with Crippen LogP contribution in [0.3, 0.4) is 0 Å². The van der Waals surface area contributed by atoms with E-state index in [1.54, 1.807) is 14.2 Å². The monoisotopic (exact) mass is 218 g/mol. The zero-order valence-electron chi connectivity index (χ0n) is 11.0. The highest BCUT2D eigenvalue weighted by Crippen LogP contribution is 2.47. The zero-order chi connectivity index (χ0) is 11.6. The number of hydrogen-bond donors (Lipinski definition) is 0. The Balaban J connectivity index is 4.91. The van der Waals surface area contributed by atoms with Gasteiger partial charge >= 0.3 is 9.28 Å². The van der Waals surface area contributed by atoms with Gasteiger partial charge in [-0.1, -0.05) is 41.5 Å². The minimum Gasteiger partial charge on any atom is -0.400 e. The van der Waals surface area contributed by atoms with Gasteiger partial charge in [-0.2, -0.15) is 0 Å². The van der Waals surface area contributed by atoms with Crippen LogP contribution in [0.25, 0.3) is 0 Å². The van der Waals surface area contributed by atoms with Crippen molar-refractivity contribution >= 4 is 9.28 Å². The van der Waals surface area contributed by atoms with Crippen LogP contribution in [0.4, 0.5) is 0 Å². The van der Waals surface area contributed by atoms with E-state index >= 15 is 0 Å². The smallest absolute Gasteiger partial charge is 0.325 e. The van der Waals surface area contributed by atoms with E-state index in [1.165, 1.54) is 0 Å². The minimum absolute atomic E-state index is 0.237. The molecule has 0 atom stereocenters. The standard InChI is InChI=1S/C11H26O2Si/c1-10(2,3)9(11(4,5)6)14(12-7)13-8/h9,14H,1-8H3. The maximum absolute atomic E-state index is 5.53. The fourth-order valence-corrected chi connectivity index (χ4v) is 4.85. The van der Waals surface area contributed by atoms with Crippen molar-refractivity contribution < 1.29 is 8.85 Å². The molecule has 0 aromatic carbocycles. The normalized spacial score (nSPS) is 14.1. The molecule has 0 saturated carbocycles. The average Bonchev–Trinajstić information content (AvgIpc) is 1.94. The average molecular weight is 218 g/mol. The van der Waals surface area contributed by atoms with Gasteiger partial charge in [-0.3, -0.25) is 0 Å². The summed E-state index contributed by atoms with van der Waals surface area (Å²) in [5.74, 6) is 0. The molecule has 0 bridgehead atoms. The van der Waals surface area contributed by atoms with E-state index in [9.17, 15) is 0 Å². The molecule has 0 fully saturated rings. The van der Waals surface area contributed by atoms with Gasteiger partial charge in [0.2, 0.25) is 0 Å². The van der Waals surface area contributed by atoms with Gasteiger partial charge in [0, 0.05) is 19.8 Å². The van der Waals surface area contributed by atoms with Crippen LogP contribution < -0.4 is 0 Å². The van der Waals surface area contributed by atoms with Crippen LogP contribution in [0.5, 0.6) is 0 Å². The SMILES string of the molecule is CO[SiH](OC)C(C(C)(C)C)C(C)(C)C. The third kappa shape index (κ3) is 3.71. The fraction of sp³-hybridized carbons (Fsp3) is 1.00. The molecule has 0 unspecified atom stereocenters. The van der Waals surface area contributed by atoms with Crippen LogP contribution in [0.15, 0.2) is 0 Å². The Kier molecular flexibility index (Phi) is 4.82. The molecule has 0 aliphatic heterocycles. The number of hydrogen-bond acceptors (Lipinski definition) is 2. The maximum atomic E-state index is 5.53. The van der Waals surface area contributed by atoms with Crippen LogP contribution >= 0.6 is 0 Å². The van der Waals surface area contributed by atoms with E-state index in [0.717, 1.165) is 0 Å². The van der Waals surface area contributed by atoms with Gasteiger partial charge in [0.05, 0.1) is 0 Å². The quantitative estimate of drug-likeness (QED) is 0.678. The van der Waals surface area contributed by atoms with Crippen molar-refractivity contribution in [3.63, 3.8) is 0 Å². The summed E-state index contributed by atoms with van der Waals surface area (Å²) in [6.45, 7) is 13.6. The van der Waals surface area contributed by atoms with Gasteiger partial charge < -0.3 is 8.85 Å². The van der Waals surface area contributed by atoms with Crippen LogP contribution in [0.2, 0.25) is 5.54 Å². The number of rotatable bonds is 3. The zero-order valence-corrected chi connectivity index (χ0v) is 12.1. The molecule has 86 valence electrons. The summed E-state index contributed by atoms with van der Waals surface area (Å²) >= 11 is 0. The molecule has 0 rings (SSSR count). The summed E-state index contributed by atoms with van der Waals surface area (Å²) in [6.07, 6.45) is 0. The highest BCUT2D eigenvalue weighted by Gasteiger charge is 2.42. The summed E-state index contributed by atoms with van der Waals surface area (Å²) in [5, 5.41) is 0. The molecule has 0 heterocycles. The minimum atomic E-state index is -1.56. The Hall–Kier alpha value is 0.137. The maximum Gasteiger partial charge on any atom is 0.325 e. The third-order valence-electron chi connectivity index (χ3n) is 2.60. The molecular weight excluding hydrogens is 192 g/mol. The Morgan fingerprint density at radius 2 is 1.07 bits per heavy atom. The fourth-order valence-electron chi connectivity index (χ4n) is 2.48. The van der Waals surface area contributed by atoms with E-state index in [-0.39, 0.29) is 10.8 Å². The van der Waals surface area contributed by atoms with Gasteiger partial charge in [0.15, 0.2) is 0 Å². The van der Waals surface area contributed by atoms with E-state index in [2.05, 4.69) is 41.5 Å². The molecule has 0 radical (unpaired) electrons. The lowest BCUT2D eigenvalue weighted by atomic mass is 9.77. The van der Waals surface area contributed by atoms with Crippen molar-refractivity contribution in [2.75, 3.05) is 14.2 Å². The molecule has 0 spiro atoms. The molecule has 0 amide bonds. The third-order valence-corrected chi connectivity index (χ3v) is 6.08. The molecule has 0 saturated heterocycles. The Labute approximate surface area is 90.8 Å².